The van der Waals surface area contributed by atoms with Crippen molar-refractivity contribution in [1.82, 2.24) is 14.7 Å². The summed E-state index contributed by atoms with van der Waals surface area (Å²) in [4.78, 5) is 25.4. The van der Waals surface area contributed by atoms with Gasteiger partial charge in [-0.05, 0) is 49.4 Å². The van der Waals surface area contributed by atoms with Crippen LogP contribution in [0, 0.1) is 12.8 Å². The van der Waals surface area contributed by atoms with E-state index in [0.717, 1.165) is 37.2 Å². The first-order chi connectivity index (χ1) is 11.4. The fourth-order valence-corrected chi connectivity index (χ4v) is 3.27. The van der Waals surface area contributed by atoms with Crippen molar-refractivity contribution >= 4 is 11.9 Å². The molecule has 1 aromatic heterocycles. The van der Waals surface area contributed by atoms with E-state index in [1.807, 2.05) is 30.0 Å². The van der Waals surface area contributed by atoms with E-state index in [9.17, 15) is 9.59 Å². The summed E-state index contributed by atoms with van der Waals surface area (Å²) >= 11 is 0. The molecule has 0 aliphatic carbocycles. The minimum atomic E-state index is -0.911. The molecule has 0 bridgehead atoms. The molecule has 0 saturated carbocycles. The number of carbonyl (C=O) groups is 2. The Labute approximate surface area is 140 Å². The van der Waals surface area contributed by atoms with Crippen LogP contribution in [0.15, 0.2) is 30.3 Å². The SMILES string of the molecule is Cc1cc(C(=O)N2CCC(Cc3ccc(C(=O)O)cc3)C2)n(C)n1. The van der Waals surface area contributed by atoms with Crippen molar-refractivity contribution in [2.45, 2.75) is 19.8 Å². The molecule has 1 aliphatic heterocycles. The number of amides is 1. The normalized spacial score (nSPS) is 17.2. The molecule has 1 fully saturated rings. The first-order valence-corrected chi connectivity index (χ1v) is 8.06. The molecular weight excluding hydrogens is 306 g/mol. The number of benzene rings is 1. The van der Waals surface area contributed by atoms with Gasteiger partial charge in [-0.1, -0.05) is 12.1 Å². The lowest BCUT2D eigenvalue weighted by Gasteiger charge is -2.16. The number of carbonyl (C=O) groups excluding carboxylic acids is 1. The molecule has 1 unspecified atom stereocenters. The Bertz CT molecular complexity index is 764. The second-order valence-corrected chi connectivity index (χ2v) is 6.41. The molecule has 1 atom stereocenters. The maximum absolute atomic E-state index is 12.6. The Morgan fingerprint density at radius 3 is 2.58 bits per heavy atom. The zero-order valence-electron chi connectivity index (χ0n) is 13.9. The number of nitrogens with zero attached hydrogens (tertiary/aromatic N) is 3. The van der Waals surface area contributed by atoms with Crippen LogP contribution in [0.1, 0.15) is 38.5 Å². The van der Waals surface area contributed by atoms with Gasteiger partial charge in [-0.15, -0.1) is 0 Å². The smallest absolute Gasteiger partial charge is 0.335 e. The Kier molecular flexibility index (Phi) is 4.38. The molecule has 1 amide bonds. The zero-order chi connectivity index (χ0) is 17.3. The van der Waals surface area contributed by atoms with E-state index in [-0.39, 0.29) is 5.91 Å². The lowest BCUT2D eigenvalue weighted by molar-refractivity contribution is 0.0695. The minimum Gasteiger partial charge on any atom is -0.478 e. The standard InChI is InChI=1S/C18H21N3O3/c1-12-9-16(20(2)19-12)17(22)21-8-7-14(11-21)10-13-3-5-15(6-4-13)18(23)24/h3-6,9,14H,7-8,10-11H2,1-2H3,(H,23,24). The molecule has 6 nitrogen and oxygen atoms in total. The Morgan fingerprint density at radius 1 is 1.29 bits per heavy atom. The molecule has 1 aromatic carbocycles. The van der Waals surface area contributed by atoms with Gasteiger partial charge in [0, 0.05) is 20.1 Å². The third-order valence-corrected chi connectivity index (χ3v) is 4.52. The Morgan fingerprint density at radius 2 is 2.00 bits per heavy atom. The van der Waals surface area contributed by atoms with E-state index in [1.54, 1.807) is 23.9 Å². The summed E-state index contributed by atoms with van der Waals surface area (Å²) in [5.74, 6) is -0.480. The molecule has 126 valence electrons. The average Bonchev–Trinajstić information content (AvgIpc) is 3.13. The van der Waals surface area contributed by atoms with Gasteiger partial charge in [-0.2, -0.15) is 5.10 Å². The summed E-state index contributed by atoms with van der Waals surface area (Å²) in [6, 6.07) is 8.80. The van der Waals surface area contributed by atoms with Crippen LogP contribution < -0.4 is 0 Å². The van der Waals surface area contributed by atoms with Gasteiger partial charge < -0.3 is 10.0 Å². The second-order valence-electron chi connectivity index (χ2n) is 6.41. The molecule has 2 heterocycles. The third kappa shape index (κ3) is 3.32. The second kappa shape index (κ2) is 6.47. The summed E-state index contributed by atoms with van der Waals surface area (Å²) in [6.45, 7) is 3.36. The van der Waals surface area contributed by atoms with Crippen LogP contribution in [-0.4, -0.2) is 44.8 Å². The van der Waals surface area contributed by atoms with Gasteiger partial charge in [-0.25, -0.2) is 4.79 Å². The molecule has 2 aromatic rings. The van der Waals surface area contributed by atoms with Crippen LogP contribution in [0.5, 0.6) is 0 Å². The van der Waals surface area contributed by atoms with Gasteiger partial charge in [0.15, 0.2) is 0 Å². The third-order valence-electron chi connectivity index (χ3n) is 4.52. The quantitative estimate of drug-likeness (QED) is 0.933. The van der Waals surface area contributed by atoms with Crippen LogP contribution >= 0.6 is 0 Å². The van der Waals surface area contributed by atoms with Crippen molar-refractivity contribution in [3.05, 3.63) is 52.8 Å². The molecule has 0 spiro atoms. The summed E-state index contributed by atoms with van der Waals surface area (Å²) in [7, 11) is 1.79. The lowest BCUT2D eigenvalue weighted by Crippen LogP contribution is -2.30. The van der Waals surface area contributed by atoms with Gasteiger partial charge in [0.2, 0.25) is 0 Å². The maximum atomic E-state index is 12.6. The number of carboxylic acid groups (broad SMARTS) is 1. The summed E-state index contributed by atoms with van der Waals surface area (Å²) < 4.78 is 1.63. The predicted molar refractivity (Wildman–Crippen MR) is 89.1 cm³/mol. The first kappa shape index (κ1) is 16.2. The molecule has 6 heteroatoms. The van der Waals surface area contributed by atoms with Gasteiger partial charge in [0.25, 0.3) is 5.91 Å². The molecule has 24 heavy (non-hydrogen) atoms. The van der Waals surface area contributed by atoms with Crippen molar-refractivity contribution in [3.8, 4) is 0 Å². The van der Waals surface area contributed by atoms with Gasteiger partial charge >= 0.3 is 5.97 Å². The monoisotopic (exact) mass is 327 g/mol. The first-order valence-electron chi connectivity index (χ1n) is 8.06. The fourth-order valence-electron chi connectivity index (χ4n) is 3.27. The molecule has 1 N–H and O–H groups in total. The van der Waals surface area contributed by atoms with Gasteiger partial charge in [0.05, 0.1) is 11.3 Å². The number of hydrogen-bond donors (Lipinski definition) is 1. The average molecular weight is 327 g/mol. The molecular formula is C18H21N3O3. The summed E-state index contributed by atoms with van der Waals surface area (Å²) in [6.07, 6.45) is 1.82. The zero-order valence-corrected chi connectivity index (χ0v) is 13.9. The number of likely N-dealkylation sites (tertiary alicyclic amines) is 1. The van der Waals surface area contributed by atoms with Crippen LogP contribution in [-0.2, 0) is 13.5 Å². The number of hydrogen-bond acceptors (Lipinski definition) is 3. The molecule has 1 saturated heterocycles. The minimum absolute atomic E-state index is 0.0295. The fraction of sp³-hybridized carbons (Fsp3) is 0.389. The van der Waals surface area contributed by atoms with Crippen molar-refractivity contribution in [2.75, 3.05) is 13.1 Å². The molecule has 0 radical (unpaired) electrons. The highest BCUT2D eigenvalue weighted by Crippen LogP contribution is 2.23. The van der Waals surface area contributed by atoms with E-state index >= 15 is 0 Å². The van der Waals surface area contributed by atoms with Gasteiger partial charge in [0.1, 0.15) is 5.69 Å². The van der Waals surface area contributed by atoms with Crippen molar-refractivity contribution in [2.24, 2.45) is 13.0 Å². The van der Waals surface area contributed by atoms with Gasteiger partial charge in [-0.3, -0.25) is 9.48 Å². The lowest BCUT2D eigenvalue weighted by atomic mass is 9.98. The summed E-state index contributed by atoms with van der Waals surface area (Å²) in [5, 5.41) is 13.2. The van der Waals surface area contributed by atoms with Crippen LogP contribution in [0.3, 0.4) is 0 Å². The van der Waals surface area contributed by atoms with E-state index in [4.69, 9.17) is 5.11 Å². The largest absolute Gasteiger partial charge is 0.478 e. The predicted octanol–water partition coefficient (Wildman–Crippen LogP) is 2.13. The van der Waals surface area contributed by atoms with Crippen LogP contribution in [0.4, 0.5) is 0 Å². The Hall–Kier alpha value is -2.63. The highest BCUT2D eigenvalue weighted by Gasteiger charge is 2.28. The summed E-state index contributed by atoms with van der Waals surface area (Å²) in [5.41, 5.74) is 2.87. The maximum Gasteiger partial charge on any atom is 0.335 e. The number of aromatic carboxylic acids is 1. The highest BCUT2D eigenvalue weighted by molar-refractivity contribution is 5.92. The number of aryl methyl sites for hydroxylation is 2. The topological polar surface area (TPSA) is 75.4 Å². The van der Waals surface area contributed by atoms with E-state index in [1.165, 1.54) is 0 Å². The number of rotatable bonds is 4. The van der Waals surface area contributed by atoms with Crippen molar-refractivity contribution in [3.63, 3.8) is 0 Å². The van der Waals surface area contributed by atoms with E-state index in [0.29, 0.717) is 17.2 Å². The van der Waals surface area contributed by atoms with Crippen LogP contribution in [0.25, 0.3) is 0 Å². The van der Waals surface area contributed by atoms with Crippen molar-refractivity contribution < 1.29 is 14.7 Å². The number of carboxylic acids is 1. The Balaban J connectivity index is 1.62. The van der Waals surface area contributed by atoms with Crippen LogP contribution in [0.2, 0.25) is 0 Å². The van der Waals surface area contributed by atoms with Crippen molar-refractivity contribution in [1.29, 1.82) is 0 Å². The highest BCUT2D eigenvalue weighted by atomic mass is 16.4. The molecule has 3 rings (SSSR count). The van der Waals surface area contributed by atoms with E-state index < -0.39 is 5.97 Å². The van der Waals surface area contributed by atoms with E-state index in [2.05, 4.69) is 5.10 Å². The number of aromatic nitrogens is 2. The molecule has 1 aliphatic rings.